The molecular weight excluding hydrogens is 518 g/mol. The van der Waals surface area contributed by atoms with Crippen molar-refractivity contribution in [1.29, 1.82) is 0 Å². The number of hydrogen-bond donors (Lipinski definition) is 0. The average Bonchev–Trinajstić information content (AvgIpc) is 3.30. The van der Waals surface area contributed by atoms with Crippen LogP contribution in [0.25, 0.3) is 10.2 Å². The first-order valence-electron chi connectivity index (χ1n) is 13.7. The van der Waals surface area contributed by atoms with E-state index < -0.39 is 10.0 Å². The molecule has 3 aromatic rings. The molecule has 0 N–H and O–H groups in total. The molecule has 4 heterocycles. The third-order valence-corrected chi connectivity index (χ3v) is 11.6. The molecule has 2 fully saturated rings. The monoisotopic (exact) mass is 553 g/mol. The van der Waals surface area contributed by atoms with Crippen molar-refractivity contribution in [3.05, 3.63) is 46.6 Å². The van der Waals surface area contributed by atoms with Gasteiger partial charge in [-0.3, -0.25) is 4.79 Å². The fourth-order valence-electron chi connectivity index (χ4n) is 6.14. The van der Waals surface area contributed by atoms with E-state index in [1.807, 2.05) is 23.2 Å². The van der Waals surface area contributed by atoms with Gasteiger partial charge in [-0.2, -0.15) is 4.31 Å². The minimum atomic E-state index is -3.55. The number of aromatic nitrogens is 2. The highest BCUT2D eigenvalue weighted by Gasteiger charge is 2.32. The first kappa shape index (κ1) is 25.7. The van der Waals surface area contributed by atoms with Crippen LogP contribution in [0.5, 0.6) is 0 Å². The fourth-order valence-corrected chi connectivity index (χ4v) is 9.18. The molecule has 0 unspecified atom stereocenters. The van der Waals surface area contributed by atoms with Crippen LogP contribution in [0.15, 0.2) is 35.5 Å². The van der Waals surface area contributed by atoms with Crippen LogP contribution in [0.3, 0.4) is 0 Å². The van der Waals surface area contributed by atoms with Gasteiger partial charge in [-0.1, -0.05) is 13.3 Å². The van der Waals surface area contributed by atoms with Crippen LogP contribution < -0.4 is 4.90 Å². The third kappa shape index (κ3) is 4.60. The number of fused-ring (bicyclic) bond motifs is 3. The molecule has 0 radical (unpaired) electrons. The Kier molecular flexibility index (Phi) is 6.90. The van der Waals surface area contributed by atoms with Crippen molar-refractivity contribution in [2.75, 3.05) is 37.6 Å². The number of amides is 1. The molecule has 2 aromatic heterocycles. The number of sulfonamides is 1. The molecule has 6 rings (SSSR count). The summed E-state index contributed by atoms with van der Waals surface area (Å²) in [6.07, 6.45) is 7.90. The highest BCUT2D eigenvalue weighted by molar-refractivity contribution is 7.89. The molecule has 38 heavy (non-hydrogen) atoms. The Balaban J connectivity index is 1.14. The van der Waals surface area contributed by atoms with Gasteiger partial charge in [-0.05, 0) is 74.8 Å². The molecule has 0 bridgehead atoms. The standard InChI is InChI=1S/C28H35N5O3S2/c1-19-6-11-23-24(17-19)37-27-25(23)26(29-18-30-27)31-13-15-32(16-14-31)28(34)21-7-9-22(10-8-21)38(35,36)33-12-4-3-5-20(33)2/h7-10,18-20H,3-6,11-17H2,1-2H3/t19-,20+/m1/s1. The zero-order valence-corrected chi connectivity index (χ0v) is 23.7. The molecule has 8 nitrogen and oxygen atoms in total. The quantitative estimate of drug-likeness (QED) is 0.478. The summed E-state index contributed by atoms with van der Waals surface area (Å²) in [7, 11) is -3.55. The highest BCUT2D eigenvalue weighted by Crippen LogP contribution is 2.40. The number of carbonyl (C=O) groups is 1. The molecule has 2 aliphatic heterocycles. The zero-order chi connectivity index (χ0) is 26.4. The summed E-state index contributed by atoms with van der Waals surface area (Å²) in [5.41, 5.74) is 1.95. The summed E-state index contributed by atoms with van der Waals surface area (Å²) in [5, 5.41) is 1.21. The van der Waals surface area contributed by atoms with Gasteiger partial charge in [0, 0.05) is 49.2 Å². The van der Waals surface area contributed by atoms with Gasteiger partial charge in [0.1, 0.15) is 17.0 Å². The lowest BCUT2D eigenvalue weighted by atomic mass is 9.89. The van der Waals surface area contributed by atoms with Gasteiger partial charge < -0.3 is 9.80 Å². The summed E-state index contributed by atoms with van der Waals surface area (Å²) in [6.45, 7) is 7.45. The maximum absolute atomic E-state index is 13.3. The minimum absolute atomic E-state index is 0.00520. The molecule has 1 aromatic carbocycles. The molecular formula is C28H35N5O3S2. The Morgan fingerprint density at radius 2 is 1.74 bits per heavy atom. The summed E-state index contributed by atoms with van der Waals surface area (Å²) in [6, 6.07) is 6.48. The average molecular weight is 554 g/mol. The Labute approximate surface area is 228 Å². The van der Waals surface area contributed by atoms with Crippen molar-refractivity contribution >= 4 is 43.3 Å². The van der Waals surface area contributed by atoms with Gasteiger partial charge in [-0.15, -0.1) is 11.3 Å². The smallest absolute Gasteiger partial charge is 0.253 e. The number of nitrogens with zero attached hydrogens (tertiary/aromatic N) is 5. The number of aryl methyl sites for hydroxylation is 1. The van der Waals surface area contributed by atoms with Crippen molar-refractivity contribution in [2.45, 2.75) is 63.3 Å². The second-order valence-corrected chi connectivity index (χ2v) is 14.0. The minimum Gasteiger partial charge on any atom is -0.352 e. The predicted octanol–water partition coefficient (Wildman–Crippen LogP) is 4.34. The second kappa shape index (κ2) is 10.2. The lowest BCUT2D eigenvalue weighted by Crippen LogP contribution is -2.49. The molecule has 2 atom stereocenters. The van der Waals surface area contributed by atoms with Crippen molar-refractivity contribution in [2.24, 2.45) is 5.92 Å². The van der Waals surface area contributed by atoms with E-state index in [2.05, 4.69) is 16.8 Å². The largest absolute Gasteiger partial charge is 0.352 e. The van der Waals surface area contributed by atoms with E-state index in [0.717, 1.165) is 42.8 Å². The first-order valence-corrected chi connectivity index (χ1v) is 16.0. The zero-order valence-electron chi connectivity index (χ0n) is 22.1. The van der Waals surface area contributed by atoms with Crippen molar-refractivity contribution in [3.8, 4) is 0 Å². The number of benzene rings is 1. The number of piperidine rings is 1. The van der Waals surface area contributed by atoms with E-state index in [0.29, 0.717) is 44.2 Å². The van der Waals surface area contributed by atoms with Gasteiger partial charge in [0.15, 0.2) is 0 Å². The summed E-state index contributed by atoms with van der Waals surface area (Å²) in [5.74, 6) is 1.65. The fraction of sp³-hybridized carbons (Fsp3) is 0.536. The Morgan fingerprint density at radius 3 is 2.47 bits per heavy atom. The molecule has 2 saturated heterocycles. The number of hydrogen-bond acceptors (Lipinski definition) is 7. The van der Waals surface area contributed by atoms with Crippen LogP contribution in [0.4, 0.5) is 5.82 Å². The SMILES string of the molecule is C[C@@H]1CCc2c(sc3ncnc(N4CCN(C(=O)c5ccc(S(=O)(=O)N6CCCC[C@@H]6C)cc5)CC4)c23)C1. The maximum Gasteiger partial charge on any atom is 0.253 e. The predicted molar refractivity (Wildman–Crippen MR) is 150 cm³/mol. The second-order valence-electron chi connectivity index (χ2n) is 11.0. The van der Waals surface area contributed by atoms with Crippen LogP contribution in [-0.2, 0) is 22.9 Å². The molecule has 202 valence electrons. The van der Waals surface area contributed by atoms with Crippen LogP contribution in [0, 0.1) is 5.92 Å². The topological polar surface area (TPSA) is 86.7 Å². The summed E-state index contributed by atoms with van der Waals surface area (Å²) >= 11 is 1.81. The Hall–Kier alpha value is -2.56. The highest BCUT2D eigenvalue weighted by atomic mass is 32.2. The first-order chi connectivity index (χ1) is 18.3. The molecule has 3 aliphatic rings. The lowest BCUT2D eigenvalue weighted by Gasteiger charge is -2.36. The van der Waals surface area contributed by atoms with E-state index in [-0.39, 0.29) is 16.8 Å². The normalized spacial score (nSPS) is 23.0. The van der Waals surface area contributed by atoms with Crippen molar-refractivity contribution in [1.82, 2.24) is 19.2 Å². The van der Waals surface area contributed by atoms with Gasteiger partial charge in [0.25, 0.3) is 5.91 Å². The Morgan fingerprint density at radius 1 is 0.974 bits per heavy atom. The van der Waals surface area contributed by atoms with Gasteiger partial charge in [0.05, 0.1) is 10.3 Å². The lowest BCUT2D eigenvalue weighted by molar-refractivity contribution is 0.0746. The van der Waals surface area contributed by atoms with E-state index >= 15 is 0 Å². The van der Waals surface area contributed by atoms with Crippen molar-refractivity contribution in [3.63, 3.8) is 0 Å². The molecule has 0 saturated carbocycles. The molecule has 1 amide bonds. The van der Waals surface area contributed by atoms with E-state index in [1.54, 1.807) is 34.9 Å². The van der Waals surface area contributed by atoms with Gasteiger partial charge >= 0.3 is 0 Å². The molecule has 0 spiro atoms. The van der Waals surface area contributed by atoms with Crippen LogP contribution in [0.2, 0.25) is 0 Å². The maximum atomic E-state index is 13.3. The number of carbonyl (C=O) groups excluding carboxylic acids is 1. The third-order valence-electron chi connectivity index (χ3n) is 8.39. The summed E-state index contributed by atoms with van der Waals surface area (Å²) in [4.78, 5) is 29.5. The Bertz CT molecular complexity index is 1450. The number of piperazine rings is 1. The molecule has 1 aliphatic carbocycles. The van der Waals surface area contributed by atoms with Crippen LogP contribution in [-0.4, -0.2) is 72.3 Å². The number of anilines is 1. The number of thiophene rings is 1. The van der Waals surface area contributed by atoms with Gasteiger partial charge in [0.2, 0.25) is 10.0 Å². The van der Waals surface area contributed by atoms with E-state index in [4.69, 9.17) is 4.98 Å². The van der Waals surface area contributed by atoms with E-state index in [1.165, 1.54) is 22.2 Å². The number of rotatable bonds is 4. The van der Waals surface area contributed by atoms with Crippen molar-refractivity contribution < 1.29 is 13.2 Å². The van der Waals surface area contributed by atoms with Crippen LogP contribution in [0.1, 0.15) is 60.3 Å². The van der Waals surface area contributed by atoms with Gasteiger partial charge in [-0.25, -0.2) is 18.4 Å². The van der Waals surface area contributed by atoms with Crippen LogP contribution >= 0.6 is 11.3 Å². The molecule has 10 heteroatoms. The van der Waals surface area contributed by atoms with E-state index in [9.17, 15) is 13.2 Å². The summed E-state index contributed by atoms with van der Waals surface area (Å²) < 4.78 is 27.9.